The van der Waals surface area contributed by atoms with Gasteiger partial charge in [0.2, 0.25) is 0 Å². The Hall–Kier alpha value is -0.520. The lowest BCUT2D eigenvalue weighted by Crippen LogP contribution is -2.31. The van der Waals surface area contributed by atoms with E-state index in [0.29, 0.717) is 6.04 Å². The van der Waals surface area contributed by atoms with Gasteiger partial charge in [-0.1, -0.05) is 0 Å². The van der Waals surface area contributed by atoms with E-state index >= 15 is 0 Å². The van der Waals surface area contributed by atoms with Crippen LogP contribution in [0, 0.1) is 5.92 Å². The van der Waals surface area contributed by atoms with Gasteiger partial charge in [0.05, 0.1) is 18.1 Å². The van der Waals surface area contributed by atoms with Gasteiger partial charge in [0.1, 0.15) is 4.60 Å². The third-order valence-electron chi connectivity index (χ3n) is 3.30. The minimum absolute atomic E-state index is 0.434. The molecule has 0 aliphatic heterocycles. The van der Waals surface area contributed by atoms with Crippen molar-refractivity contribution in [2.75, 3.05) is 6.54 Å². The minimum Gasteiger partial charge on any atom is -0.328 e. The van der Waals surface area contributed by atoms with Crippen molar-refractivity contribution in [3.63, 3.8) is 0 Å². The van der Waals surface area contributed by atoms with Crippen molar-refractivity contribution in [1.29, 1.82) is 0 Å². The summed E-state index contributed by atoms with van der Waals surface area (Å²) in [7, 11) is 0. The molecule has 0 saturated heterocycles. The smallest absolute Gasteiger partial charge is 0.124 e. The summed E-state index contributed by atoms with van der Waals surface area (Å²) in [4.78, 5) is 8.43. The number of halogens is 1. The zero-order valence-corrected chi connectivity index (χ0v) is 11.5. The molecule has 1 aromatic heterocycles. The molecule has 1 saturated carbocycles. The highest BCUT2D eigenvalue weighted by Crippen LogP contribution is 2.22. The first-order chi connectivity index (χ1) is 8.24. The summed E-state index contributed by atoms with van der Waals surface area (Å²) in [5.41, 5.74) is 6.87. The van der Waals surface area contributed by atoms with Crippen molar-refractivity contribution in [3.05, 3.63) is 22.7 Å². The second-order valence-electron chi connectivity index (χ2n) is 4.74. The molecular weight excluding hydrogens is 280 g/mol. The van der Waals surface area contributed by atoms with Gasteiger partial charge in [-0.25, -0.2) is 4.98 Å². The molecule has 0 amide bonds. The molecule has 0 atom stereocenters. The molecule has 0 spiro atoms. The molecule has 5 heteroatoms. The Kier molecular flexibility index (Phi) is 4.88. The van der Waals surface area contributed by atoms with Crippen LogP contribution in [0.25, 0.3) is 0 Å². The van der Waals surface area contributed by atoms with Crippen LogP contribution in [-0.4, -0.2) is 22.6 Å². The summed E-state index contributed by atoms with van der Waals surface area (Å²) in [6.07, 6.45) is 8.37. The van der Waals surface area contributed by atoms with Crippen molar-refractivity contribution >= 4 is 15.9 Å². The molecule has 1 aliphatic rings. The van der Waals surface area contributed by atoms with Gasteiger partial charge < -0.3 is 11.1 Å². The van der Waals surface area contributed by atoms with E-state index in [1.54, 1.807) is 12.4 Å². The molecule has 2 rings (SSSR count). The molecule has 0 aromatic carbocycles. The van der Waals surface area contributed by atoms with Crippen molar-refractivity contribution in [2.45, 2.75) is 38.3 Å². The van der Waals surface area contributed by atoms with Crippen LogP contribution in [0.2, 0.25) is 0 Å². The quantitative estimate of drug-likeness (QED) is 0.890. The monoisotopic (exact) mass is 298 g/mol. The van der Waals surface area contributed by atoms with Gasteiger partial charge >= 0.3 is 0 Å². The van der Waals surface area contributed by atoms with E-state index in [-0.39, 0.29) is 0 Å². The second-order valence-corrected chi connectivity index (χ2v) is 5.55. The maximum Gasteiger partial charge on any atom is 0.124 e. The Morgan fingerprint density at radius 1 is 1.24 bits per heavy atom. The van der Waals surface area contributed by atoms with Gasteiger partial charge in [-0.05, 0) is 54.1 Å². The van der Waals surface area contributed by atoms with E-state index < -0.39 is 0 Å². The number of aromatic nitrogens is 2. The van der Waals surface area contributed by atoms with Crippen molar-refractivity contribution in [3.8, 4) is 0 Å². The molecule has 1 aromatic rings. The Bertz CT molecular complexity index is 333. The van der Waals surface area contributed by atoms with Gasteiger partial charge in [-0.3, -0.25) is 4.98 Å². The topological polar surface area (TPSA) is 63.8 Å². The van der Waals surface area contributed by atoms with E-state index in [1.165, 1.54) is 25.7 Å². The first kappa shape index (κ1) is 12.9. The highest BCUT2D eigenvalue weighted by Gasteiger charge is 2.17. The normalized spacial score (nSPS) is 24.8. The predicted molar refractivity (Wildman–Crippen MR) is 71.4 cm³/mol. The lowest BCUT2D eigenvalue weighted by Gasteiger charge is -2.26. The molecule has 1 fully saturated rings. The largest absolute Gasteiger partial charge is 0.328 e. The highest BCUT2D eigenvalue weighted by molar-refractivity contribution is 9.10. The fourth-order valence-electron chi connectivity index (χ4n) is 2.23. The van der Waals surface area contributed by atoms with Gasteiger partial charge in [0.15, 0.2) is 0 Å². The van der Waals surface area contributed by atoms with Crippen LogP contribution >= 0.6 is 15.9 Å². The first-order valence-corrected chi connectivity index (χ1v) is 6.96. The summed E-state index contributed by atoms with van der Waals surface area (Å²) >= 11 is 3.28. The van der Waals surface area contributed by atoms with Gasteiger partial charge in [0, 0.05) is 12.6 Å². The van der Waals surface area contributed by atoms with Crippen LogP contribution in [-0.2, 0) is 6.54 Å². The van der Waals surface area contributed by atoms with Crippen LogP contribution in [0.5, 0.6) is 0 Å². The standard InChI is InChI=1S/C12H19BrN4/c13-12-8-16-11(7-17-12)6-15-5-9-1-3-10(14)4-2-9/h7-10,15H,1-6,14H2/t9-,10-. The zero-order chi connectivity index (χ0) is 12.1. The van der Waals surface area contributed by atoms with Crippen molar-refractivity contribution < 1.29 is 0 Å². The number of nitrogens with zero attached hydrogens (tertiary/aromatic N) is 2. The maximum absolute atomic E-state index is 5.89. The maximum atomic E-state index is 5.89. The zero-order valence-electron chi connectivity index (χ0n) is 9.90. The van der Waals surface area contributed by atoms with Crippen LogP contribution < -0.4 is 11.1 Å². The summed E-state index contributed by atoms with van der Waals surface area (Å²) in [5, 5.41) is 3.45. The average Bonchev–Trinajstić information content (AvgIpc) is 2.34. The number of nitrogens with two attached hydrogens (primary N) is 1. The fourth-order valence-corrected chi connectivity index (χ4v) is 2.43. The van der Waals surface area contributed by atoms with E-state index in [0.717, 1.165) is 29.3 Å². The first-order valence-electron chi connectivity index (χ1n) is 6.17. The van der Waals surface area contributed by atoms with E-state index in [1.807, 2.05) is 0 Å². The Labute approximate surface area is 111 Å². The Morgan fingerprint density at radius 2 is 2.00 bits per heavy atom. The molecule has 1 aliphatic carbocycles. The predicted octanol–water partition coefficient (Wildman–Crippen LogP) is 1.85. The minimum atomic E-state index is 0.434. The van der Waals surface area contributed by atoms with Crippen LogP contribution in [0.15, 0.2) is 17.0 Å². The third-order valence-corrected chi connectivity index (χ3v) is 3.71. The second kappa shape index (κ2) is 6.42. The Balaban J connectivity index is 1.67. The van der Waals surface area contributed by atoms with Crippen LogP contribution in [0.4, 0.5) is 0 Å². The molecule has 0 bridgehead atoms. The molecule has 4 nitrogen and oxygen atoms in total. The number of rotatable bonds is 4. The third kappa shape index (κ3) is 4.33. The molecular formula is C12H19BrN4. The summed E-state index contributed by atoms with van der Waals surface area (Å²) in [6, 6.07) is 0.434. The molecule has 0 unspecified atom stereocenters. The highest BCUT2D eigenvalue weighted by atomic mass is 79.9. The van der Waals surface area contributed by atoms with Crippen molar-refractivity contribution in [2.24, 2.45) is 11.7 Å². The van der Waals surface area contributed by atoms with Gasteiger partial charge in [-0.15, -0.1) is 0 Å². The molecule has 1 heterocycles. The lowest BCUT2D eigenvalue weighted by atomic mass is 9.86. The fraction of sp³-hybridized carbons (Fsp3) is 0.667. The molecule has 3 N–H and O–H groups in total. The van der Waals surface area contributed by atoms with Crippen LogP contribution in [0.1, 0.15) is 31.4 Å². The Morgan fingerprint density at radius 3 is 2.65 bits per heavy atom. The number of hydrogen-bond acceptors (Lipinski definition) is 4. The van der Waals surface area contributed by atoms with E-state index in [2.05, 4.69) is 31.2 Å². The number of nitrogens with one attached hydrogen (secondary N) is 1. The average molecular weight is 299 g/mol. The SMILES string of the molecule is N[C@H]1CC[C@H](CNCc2cnc(Br)cn2)CC1. The van der Waals surface area contributed by atoms with Gasteiger partial charge in [-0.2, -0.15) is 0 Å². The van der Waals surface area contributed by atoms with Crippen molar-refractivity contribution in [1.82, 2.24) is 15.3 Å². The van der Waals surface area contributed by atoms with E-state index in [9.17, 15) is 0 Å². The number of hydrogen-bond donors (Lipinski definition) is 2. The summed E-state index contributed by atoms with van der Waals surface area (Å²) in [5.74, 6) is 0.776. The lowest BCUT2D eigenvalue weighted by molar-refractivity contribution is 0.314. The summed E-state index contributed by atoms with van der Waals surface area (Å²) in [6.45, 7) is 1.85. The molecule has 17 heavy (non-hydrogen) atoms. The van der Waals surface area contributed by atoms with Gasteiger partial charge in [0.25, 0.3) is 0 Å². The van der Waals surface area contributed by atoms with E-state index in [4.69, 9.17) is 5.73 Å². The van der Waals surface area contributed by atoms with Crippen LogP contribution in [0.3, 0.4) is 0 Å². The summed E-state index contributed by atoms with van der Waals surface area (Å²) < 4.78 is 0.780. The molecule has 94 valence electrons. The molecule has 0 radical (unpaired) electrons.